The van der Waals surface area contributed by atoms with E-state index in [1.165, 1.54) is 0 Å². The van der Waals surface area contributed by atoms with Crippen LogP contribution in [0, 0.1) is 13.8 Å². The number of hydrogen-bond donors (Lipinski definition) is 0. The van der Waals surface area contributed by atoms with Crippen LogP contribution in [0.2, 0.25) is 0 Å². The number of nitrogens with zero attached hydrogens (tertiary/aromatic N) is 3. The lowest BCUT2D eigenvalue weighted by molar-refractivity contribution is 0.347. The van der Waals surface area contributed by atoms with E-state index in [1.54, 1.807) is 26.5 Å². The predicted octanol–water partition coefficient (Wildman–Crippen LogP) is 1.96. The van der Waals surface area contributed by atoms with Crippen molar-refractivity contribution in [2.24, 2.45) is 0 Å². The van der Waals surface area contributed by atoms with Gasteiger partial charge < -0.3 is 9.47 Å². The normalized spacial score (nSPS) is 10.4. The van der Waals surface area contributed by atoms with E-state index >= 15 is 0 Å². The van der Waals surface area contributed by atoms with E-state index < -0.39 is 0 Å². The first-order chi connectivity index (χ1) is 8.65. The third-order valence-corrected chi connectivity index (χ3v) is 2.77. The van der Waals surface area contributed by atoms with Crippen LogP contribution in [0.25, 0.3) is 0 Å². The van der Waals surface area contributed by atoms with Gasteiger partial charge in [-0.2, -0.15) is 5.10 Å². The molecule has 2 rings (SSSR count). The summed E-state index contributed by atoms with van der Waals surface area (Å²) in [6, 6.07) is 3.82. The second kappa shape index (κ2) is 5.08. The van der Waals surface area contributed by atoms with Crippen molar-refractivity contribution in [3.05, 3.63) is 35.4 Å². The minimum absolute atomic E-state index is 0.569. The van der Waals surface area contributed by atoms with Gasteiger partial charge in [0.15, 0.2) is 11.5 Å². The monoisotopic (exact) mass is 247 g/mol. The van der Waals surface area contributed by atoms with Crippen molar-refractivity contribution in [2.75, 3.05) is 14.2 Å². The smallest absolute Gasteiger partial charge is 0.184 e. The fourth-order valence-corrected chi connectivity index (χ4v) is 1.94. The summed E-state index contributed by atoms with van der Waals surface area (Å²) in [5, 5.41) is 4.42. The molecule has 2 aromatic heterocycles. The SMILES string of the molecule is COc1ccnc(Cn2nc(C)cc2C)c1OC. The second-order valence-corrected chi connectivity index (χ2v) is 4.08. The Labute approximate surface area is 106 Å². The lowest BCUT2D eigenvalue weighted by Crippen LogP contribution is -2.08. The molecule has 0 unspecified atom stereocenters. The van der Waals surface area contributed by atoms with Crippen LogP contribution in [0.3, 0.4) is 0 Å². The molecule has 0 saturated carbocycles. The van der Waals surface area contributed by atoms with Gasteiger partial charge in [-0.25, -0.2) is 0 Å². The van der Waals surface area contributed by atoms with Gasteiger partial charge >= 0.3 is 0 Å². The fraction of sp³-hybridized carbons (Fsp3) is 0.385. The molecule has 0 amide bonds. The summed E-state index contributed by atoms with van der Waals surface area (Å²) in [4.78, 5) is 4.34. The van der Waals surface area contributed by atoms with Crippen LogP contribution in [-0.4, -0.2) is 29.0 Å². The van der Waals surface area contributed by atoms with E-state index in [-0.39, 0.29) is 0 Å². The molecule has 2 heterocycles. The molecule has 0 aliphatic heterocycles. The summed E-state index contributed by atoms with van der Waals surface area (Å²) in [5.41, 5.74) is 2.90. The Morgan fingerprint density at radius 3 is 2.56 bits per heavy atom. The Balaban J connectivity index is 2.37. The highest BCUT2D eigenvalue weighted by Gasteiger charge is 2.12. The minimum Gasteiger partial charge on any atom is -0.493 e. The van der Waals surface area contributed by atoms with Crippen molar-refractivity contribution in [2.45, 2.75) is 20.4 Å². The average molecular weight is 247 g/mol. The van der Waals surface area contributed by atoms with Crippen LogP contribution in [-0.2, 0) is 6.54 Å². The van der Waals surface area contributed by atoms with Crippen LogP contribution < -0.4 is 9.47 Å². The number of ether oxygens (including phenoxy) is 2. The van der Waals surface area contributed by atoms with E-state index in [1.807, 2.05) is 24.6 Å². The Hall–Kier alpha value is -2.04. The molecule has 96 valence electrons. The molecule has 0 saturated heterocycles. The Kier molecular flexibility index (Phi) is 3.50. The Morgan fingerprint density at radius 2 is 2.00 bits per heavy atom. The fourth-order valence-electron chi connectivity index (χ4n) is 1.94. The van der Waals surface area contributed by atoms with Crippen LogP contribution in [0.4, 0.5) is 0 Å². The van der Waals surface area contributed by atoms with Gasteiger partial charge in [-0.05, 0) is 19.9 Å². The average Bonchev–Trinajstić information content (AvgIpc) is 2.67. The van der Waals surface area contributed by atoms with Crippen molar-refractivity contribution in [3.8, 4) is 11.5 Å². The first-order valence-electron chi connectivity index (χ1n) is 5.72. The zero-order chi connectivity index (χ0) is 13.1. The number of aromatic nitrogens is 3. The largest absolute Gasteiger partial charge is 0.493 e. The predicted molar refractivity (Wildman–Crippen MR) is 68.1 cm³/mol. The lowest BCUT2D eigenvalue weighted by atomic mass is 10.3. The summed E-state index contributed by atoms with van der Waals surface area (Å²) in [6.07, 6.45) is 1.71. The van der Waals surface area contributed by atoms with Gasteiger partial charge in [0, 0.05) is 18.0 Å². The third-order valence-electron chi connectivity index (χ3n) is 2.77. The quantitative estimate of drug-likeness (QED) is 0.828. The van der Waals surface area contributed by atoms with E-state index in [0.29, 0.717) is 18.0 Å². The van der Waals surface area contributed by atoms with E-state index in [2.05, 4.69) is 10.1 Å². The molecule has 0 bridgehead atoms. The molecule has 2 aromatic rings. The van der Waals surface area contributed by atoms with Crippen molar-refractivity contribution in [3.63, 3.8) is 0 Å². The van der Waals surface area contributed by atoms with Crippen molar-refractivity contribution >= 4 is 0 Å². The molecule has 5 nitrogen and oxygen atoms in total. The topological polar surface area (TPSA) is 49.2 Å². The van der Waals surface area contributed by atoms with Gasteiger partial charge in [-0.3, -0.25) is 9.67 Å². The van der Waals surface area contributed by atoms with Crippen LogP contribution in [0.15, 0.2) is 18.3 Å². The Morgan fingerprint density at radius 1 is 1.22 bits per heavy atom. The third kappa shape index (κ3) is 2.30. The summed E-state index contributed by atoms with van der Waals surface area (Å²) in [7, 11) is 3.23. The molecular weight excluding hydrogens is 230 g/mol. The summed E-state index contributed by atoms with van der Waals surface area (Å²) >= 11 is 0. The van der Waals surface area contributed by atoms with Crippen molar-refractivity contribution in [1.82, 2.24) is 14.8 Å². The maximum atomic E-state index is 5.36. The molecule has 0 aliphatic carbocycles. The van der Waals surface area contributed by atoms with Gasteiger partial charge in [0.25, 0.3) is 0 Å². The van der Waals surface area contributed by atoms with E-state index in [4.69, 9.17) is 9.47 Å². The van der Waals surface area contributed by atoms with Gasteiger partial charge in [-0.15, -0.1) is 0 Å². The molecule has 5 heteroatoms. The lowest BCUT2D eigenvalue weighted by Gasteiger charge is -2.12. The molecule has 0 fully saturated rings. The van der Waals surface area contributed by atoms with Gasteiger partial charge in [0.2, 0.25) is 0 Å². The summed E-state index contributed by atoms with van der Waals surface area (Å²) in [5.74, 6) is 1.34. The van der Waals surface area contributed by atoms with Gasteiger partial charge in [0.1, 0.15) is 5.69 Å². The van der Waals surface area contributed by atoms with Gasteiger partial charge in [0.05, 0.1) is 26.5 Å². The minimum atomic E-state index is 0.569. The molecule has 0 aromatic carbocycles. The first-order valence-corrected chi connectivity index (χ1v) is 5.72. The zero-order valence-electron chi connectivity index (χ0n) is 11.1. The number of pyridine rings is 1. The Bertz CT molecular complexity index is 549. The highest BCUT2D eigenvalue weighted by molar-refractivity contribution is 5.42. The van der Waals surface area contributed by atoms with Crippen molar-refractivity contribution < 1.29 is 9.47 Å². The molecule has 0 spiro atoms. The first kappa shape index (κ1) is 12.4. The zero-order valence-corrected chi connectivity index (χ0v) is 11.1. The molecule has 0 N–H and O–H groups in total. The van der Waals surface area contributed by atoms with Gasteiger partial charge in [-0.1, -0.05) is 0 Å². The van der Waals surface area contributed by atoms with Crippen molar-refractivity contribution in [1.29, 1.82) is 0 Å². The molecule has 0 atom stereocenters. The molecule has 18 heavy (non-hydrogen) atoms. The maximum Gasteiger partial charge on any atom is 0.184 e. The van der Waals surface area contributed by atoms with Crippen LogP contribution in [0.1, 0.15) is 17.1 Å². The second-order valence-electron chi connectivity index (χ2n) is 4.08. The maximum absolute atomic E-state index is 5.36. The van der Waals surface area contributed by atoms with Crippen LogP contribution in [0.5, 0.6) is 11.5 Å². The summed E-state index contributed by atoms with van der Waals surface area (Å²) in [6.45, 7) is 4.56. The number of rotatable bonds is 4. The number of methoxy groups -OCH3 is 2. The highest BCUT2D eigenvalue weighted by Crippen LogP contribution is 2.29. The summed E-state index contributed by atoms with van der Waals surface area (Å²) < 4.78 is 12.5. The molecular formula is C13H17N3O2. The molecule has 0 aliphatic rings. The van der Waals surface area contributed by atoms with E-state index in [9.17, 15) is 0 Å². The molecule has 0 radical (unpaired) electrons. The van der Waals surface area contributed by atoms with Crippen LogP contribution >= 0.6 is 0 Å². The van der Waals surface area contributed by atoms with E-state index in [0.717, 1.165) is 17.1 Å². The number of aryl methyl sites for hydroxylation is 2. The highest BCUT2D eigenvalue weighted by atomic mass is 16.5. The number of hydrogen-bond acceptors (Lipinski definition) is 4. The standard InChI is InChI=1S/C13H17N3O2/c1-9-7-10(2)16(15-9)8-11-13(18-4)12(17-3)5-6-14-11/h5-7H,8H2,1-4H3.